The van der Waals surface area contributed by atoms with Crippen LogP contribution in [0.3, 0.4) is 0 Å². The largest absolute Gasteiger partial charge is 0.497 e. The van der Waals surface area contributed by atoms with Gasteiger partial charge in [0, 0.05) is 12.1 Å². The molecule has 0 fully saturated rings. The zero-order valence-corrected chi connectivity index (χ0v) is 17.8. The van der Waals surface area contributed by atoms with E-state index < -0.39 is 0 Å². The lowest BCUT2D eigenvalue weighted by Crippen LogP contribution is -2.07. The maximum atomic E-state index is 12.7. The van der Waals surface area contributed by atoms with Crippen LogP contribution in [-0.4, -0.2) is 40.5 Å². The van der Waals surface area contributed by atoms with E-state index in [0.717, 1.165) is 0 Å². The predicted octanol–water partition coefficient (Wildman–Crippen LogP) is 4.04. The summed E-state index contributed by atoms with van der Waals surface area (Å²) in [6, 6.07) is 12.2. The van der Waals surface area contributed by atoms with E-state index >= 15 is 0 Å². The van der Waals surface area contributed by atoms with Crippen molar-refractivity contribution in [1.82, 2.24) is 14.8 Å². The van der Waals surface area contributed by atoms with Crippen LogP contribution < -0.4 is 14.2 Å². The molecular weight excluding hydrogens is 414 g/mol. The monoisotopic (exact) mass is 433 g/mol. The molecule has 0 unspecified atom stereocenters. The Hall–Kier alpha value is -2.71. The smallest absolute Gasteiger partial charge is 0.191 e. The Balaban J connectivity index is 1.63. The Morgan fingerprint density at radius 1 is 1.07 bits per heavy atom. The molecule has 9 heteroatoms. The van der Waals surface area contributed by atoms with Crippen molar-refractivity contribution in [3.63, 3.8) is 0 Å². The minimum atomic E-state index is -0.0901. The second-order valence-electron chi connectivity index (χ2n) is 5.98. The molecule has 0 atom stereocenters. The summed E-state index contributed by atoms with van der Waals surface area (Å²) in [6.07, 6.45) is 0. The van der Waals surface area contributed by atoms with Gasteiger partial charge in [0.25, 0.3) is 0 Å². The van der Waals surface area contributed by atoms with Crippen LogP contribution in [0.5, 0.6) is 17.2 Å². The number of methoxy groups -OCH3 is 2. The number of ketones is 1. The number of carbonyl (C=O) groups excluding carboxylic acids is 1. The van der Waals surface area contributed by atoms with Crippen LogP contribution in [0.25, 0.3) is 0 Å². The molecule has 0 spiro atoms. The van der Waals surface area contributed by atoms with Crippen LogP contribution in [0.4, 0.5) is 0 Å². The molecule has 152 valence electrons. The lowest BCUT2D eigenvalue weighted by molar-refractivity contribution is 0.101. The van der Waals surface area contributed by atoms with Crippen molar-refractivity contribution in [3.8, 4) is 17.2 Å². The van der Waals surface area contributed by atoms with E-state index in [1.165, 1.54) is 18.9 Å². The Morgan fingerprint density at radius 3 is 2.48 bits per heavy atom. The molecule has 3 rings (SSSR count). The van der Waals surface area contributed by atoms with Gasteiger partial charge in [-0.1, -0.05) is 23.4 Å². The van der Waals surface area contributed by atoms with Gasteiger partial charge in [0.1, 0.15) is 23.9 Å². The third-order valence-electron chi connectivity index (χ3n) is 4.15. The fourth-order valence-electron chi connectivity index (χ4n) is 2.51. The number of benzene rings is 2. The van der Waals surface area contributed by atoms with E-state index in [2.05, 4.69) is 10.2 Å². The minimum absolute atomic E-state index is 0.0901. The molecule has 0 aliphatic rings. The average molecular weight is 434 g/mol. The molecule has 1 aromatic heterocycles. The van der Waals surface area contributed by atoms with Gasteiger partial charge in [-0.3, -0.25) is 4.79 Å². The summed E-state index contributed by atoms with van der Waals surface area (Å²) in [4.78, 5) is 12.7. The van der Waals surface area contributed by atoms with Gasteiger partial charge >= 0.3 is 0 Å². The normalized spacial score (nSPS) is 10.6. The number of aromatic nitrogens is 3. The molecule has 0 aliphatic heterocycles. The highest BCUT2D eigenvalue weighted by Gasteiger charge is 2.17. The third kappa shape index (κ3) is 5.21. The topological polar surface area (TPSA) is 75.5 Å². The summed E-state index contributed by atoms with van der Waals surface area (Å²) in [6.45, 7) is 0.253. The first-order chi connectivity index (χ1) is 14.0. The number of ether oxygens (including phenoxy) is 3. The van der Waals surface area contributed by atoms with Crippen LogP contribution in [0.1, 0.15) is 16.2 Å². The molecule has 0 amide bonds. The Kier molecular flexibility index (Phi) is 7.00. The number of Topliss-reactive ketones (excluding diaryl/α,β-unsaturated/α-hetero) is 1. The minimum Gasteiger partial charge on any atom is -0.497 e. The van der Waals surface area contributed by atoms with Crippen LogP contribution >= 0.6 is 23.4 Å². The molecule has 3 aromatic rings. The molecule has 0 N–H and O–H groups in total. The summed E-state index contributed by atoms with van der Waals surface area (Å²) in [7, 11) is 4.92. The second-order valence-corrected chi connectivity index (χ2v) is 7.36. The number of hydrogen-bond acceptors (Lipinski definition) is 7. The quantitative estimate of drug-likeness (QED) is 0.372. The molecule has 0 aliphatic carbocycles. The van der Waals surface area contributed by atoms with Crippen molar-refractivity contribution >= 4 is 29.1 Å². The van der Waals surface area contributed by atoms with Gasteiger partial charge in [-0.15, -0.1) is 10.2 Å². The number of halogens is 1. The van der Waals surface area contributed by atoms with Gasteiger partial charge in [0.05, 0.1) is 25.5 Å². The second kappa shape index (κ2) is 9.67. The Bertz CT molecular complexity index is 992. The van der Waals surface area contributed by atoms with Crippen molar-refractivity contribution in [2.45, 2.75) is 11.8 Å². The summed E-state index contributed by atoms with van der Waals surface area (Å²) in [5.74, 6) is 2.53. The van der Waals surface area contributed by atoms with Crippen molar-refractivity contribution in [2.24, 2.45) is 7.05 Å². The first-order valence-corrected chi connectivity index (χ1v) is 10.0. The predicted molar refractivity (Wildman–Crippen MR) is 111 cm³/mol. The Morgan fingerprint density at radius 2 is 1.79 bits per heavy atom. The lowest BCUT2D eigenvalue weighted by atomic mass is 10.1. The lowest BCUT2D eigenvalue weighted by Gasteiger charge is -2.09. The van der Waals surface area contributed by atoms with Crippen molar-refractivity contribution in [2.75, 3.05) is 20.0 Å². The van der Waals surface area contributed by atoms with Gasteiger partial charge in [0.2, 0.25) is 0 Å². The van der Waals surface area contributed by atoms with Gasteiger partial charge in [0.15, 0.2) is 16.8 Å². The van der Waals surface area contributed by atoms with E-state index in [-0.39, 0.29) is 18.1 Å². The first-order valence-electron chi connectivity index (χ1n) is 8.66. The van der Waals surface area contributed by atoms with Gasteiger partial charge in [-0.2, -0.15) is 0 Å². The molecule has 0 radical (unpaired) electrons. The summed E-state index contributed by atoms with van der Waals surface area (Å²) >= 11 is 7.17. The van der Waals surface area contributed by atoms with Gasteiger partial charge in [-0.05, 0) is 42.5 Å². The third-order valence-corrected chi connectivity index (χ3v) is 5.42. The highest BCUT2D eigenvalue weighted by atomic mass is 35.5. The molecule has 2 aromatic carbocycles. The van der Waals surface area contributed by atoms with E-state index in [4.69, 9.17) is 25.8 Å². The molecule has 1 heterocycles. The zero-order chi connectivity index (χ0) is 20.8. The zero-order valence-electron chi connectivity index (χ0n) is 16.2. The molecule has 0 saturated carbocycles. The molecule has 0 bridgehead atoms. The highest BCUT2D eigenvalue weighted by molar-refractivity contribution is 7.99. The first kappa shape index (κ1) is 21.0. The number of nitrogens with zero attached hydrogens (tertiary/aromatic N) is 3. The van der Waals surface area contributed by atoms with E-state index in [1.54, 1.807) is 54.1 Å². The summed E-state index contributed by atoms with van der Waals surface area (Å²) in [5, 5.41) is 9.56. The molecule has 0 saturated heterocycles. The maximum Gasteiger partial charge on any atom is 0.191 e. The molecular formula is C20H20ClN3O4S. The summed E-state index contributed by atoms with van der Waals surface area (Å²) in [5.41, 5.74) is 0.466. The SMILES string of the molecule is COc1ccc(OC)c(C(=O)CSc2nnc(COc3ccc(Cl)cc3)n2C)c1. The Labute approximate surface area is 177 Å². The number of hydrogen-bond donors (Lipinski definition) is 0. The average Bonchev–Trinajstić information content (AvgIpc) is 3.10. The van der Waals surface area contributed by atoms with Crippen molar-refractivity contribution in [3.05, 3.63) is 58.9 Å². The summed E-state index contributed by atoms with van der Waals surface area (Å²) < 4.78 is 18.0. The van der Waals surface area contributed by atoms with Crippen LogP contribution in [0, 0.1) is 0 Å². The molecule has 29 heavy (non-hydrogen) atoms. The van der Waals surface area contributed by atoms with E-state index in [1.807, 2.05) is 7.05 Å². The fraction of sp³-hybridized carbons (Fsp3) is 0.250. The van der Waals surface area contributed by atoms with E-state index in [0.29, 0.717) is 38.8 Å². The van der Waals surface area contributed by atoms with Crippen LogP contribution in [0.2, 0.25) is 5.02 Å². The standard InChI is InChI=1S/C20H20ClN3O4S/c1-24-19(11-28-14-6-4-13(21)5-7-14)22-23-20(24)29-12-17(25)16-10-15(26-2)8-9-18(16)27-3/h4-10H,11-12H2,1-3H3. The highest BCUT2D eigenvalue weighted by Crippen LogP contribution is 2.27. The van der Waals surface area contributed by atoms with Crippen molar-refractivity contribution in [1.29, 1.82) is 0 Å². The number of thioether (sulfide) groups is 1. The van der Waals surface area contributed by atoms with Gasteiger partial charge < -0.3 is 18.8 Å². The molecule has 7 nitrogen and oxygen atoms in total. The fourth-order valence-corrected chi connectivity index (χ4v) is 3.45. The van der Waals surface area contributed by atoms with Crippen LogP contribution in [0.15, 0.2) is 47.6 Å². The van der Waals surface area contributed by atoms with Crippen LogP contribution in [-0.2, 0) is 13.7 Å². The maximum absolute atomic E-state index is 12.7. The number of carbonyl (C=O) groups is 1. The van der Waals surface area contributed by atoms with Crippen molar-refractivity contribution < 1.29 is 19.0 Å². The van der Waals surface area contributed by atoms with Gasteiger partial charge in [-0.25, -0.2) is 0 Å². The number of rotatable bonds is 9. The van der Waals surface area contributed by atoms with E-state index in [9.17, 15) is 4.79 Å².